The number of carbonyl (C=O) groups excluding carboxylic acids is 1. The average Bonchev–Trinajstić information content (AvgIpc) is 3.80. The molecule has 37 heavy (non-hydrogen) atoms. The van der Waals surface area contributed by atoms with Crippen LogP contribution in [0.1, 0.15) is 82.0 Å². The molecule has 0 radical (unpaired) electrons. The predicted molar refractivity (Wildman–Crippen MR) is 135 cm³/mol. The molecule has 3 aliphatic carbocycles. The molecule has 2 heterocycles. The van der Waals surface area contributed by atoms with E-state index in [1.54, 1.807) is 30.6 Å². The Morgan fingerprint density at radius 1 is 1.22 bits per heavy atom. The van der Waals surface area contributed by atoms with Crippen LogP contribution in [0.15, 0.2) is 12.1 Å². The molecule has 0 unspecified atom stereocenters. The van der Waals surface area contributed by atoms with Crippen LogP contribution in [0.25, 0.3) is 11.4 Å². The molecule has 200 valence electrons. The first-order valence-electron chi connectivity index (χ1n) is 13.4. The highest BCUT2D eigenvalue weighted by molar-refractivity contribution is 5.74. The molecule has 10 heteroatoms. The largest absolute Gasteiger partial charge is 0.488 e. The van der Waals surface area contributed by atoms with E-state index in [-0.39, 0.29) is 18.8 Å². The number of carbonyl (C=O) groups is 2. The first-order valence-corrected chi connectivity index (χ1v) is 13.4. The van der Waals surface area contributed by atoms with Crippen molar-refractivity contribution in [3.63, 3.8) is 0 Å². The van der Waals surface area contributed by atoms with Gasteiger partial charge in [0.2, 0.25) is 0 Å². The molecule has 3 aliphatic rings. The third-order valence-corrected chi connectivity index (χ3v) is 7.99. The van der Waals surface area contributed by atoms with E-state index < -0.39 is 11.4 Å². The number of pyridine rings is 1. The normalized spacial score (nSPS) is 23.5. The van der Waals surface area contributed by atoms with Crippen LogP contribution in [-0.2, 0) is 23.2 Å². The molecule has 0 aromatic carbocycles. The van der Waals surface area contributed by atoms with Crippen LogP contribution in [0, 0.1) is 11.3 Å². The molecule has 0 saturated heterocycles. The van der Waals surface area contributed by atoms with Crippen molar-refractivity contribution >= 4 is 12.1 Å². The van der Waals surface area contributed by atoms with Gasteiger partial charge in [-0.2, -0.15) is 0 Å². The minimum atomic E-state index is -0.762. The summed E-state index contributed by atoms with van der Waals surface area (Å²) in [5.74, 6) is 1.03. The van der Waals surface area contributed by atoms with Crippen LogP contribution in [0.5, 0.6) is 5.75 Å². The topological polar surface area (TPSA) is 120 Å². The summed E-state index contributed by atoms with van der Waals surface area (Å²) in [6.45, 7) is 2.56. The van der Waals surface area contributed by atoms with Gasteiger partial charge in [0.25, 0.3) is 0 Å². The average molecular weight is 512 g/mol. The lowest BCUT2D eigenvalue weighted by Gasteiger charge is -2.35. The molecule has 2 aromatic heterocycles. The van der Waals surface area contributed by atoms with Gasteiger partial charge in [0.15, 0.2) is 0 Å². The second-order valence-corrected chi connectivity index (χ2v) is 11.3. The zero-order chi connectivity index (χ0) is 26.2. The summed E-state index contributed by atoms with van der Waals surface area (Å²) in [4.78, 5) is 30.8. The number of nitrogens with zero attached hydrogens (tertiary/aromatic N) is 5. The first kappa shape index (κ1) is 25.5. The van der Waals surface area contributed by atoms with Gasteiger partial charge in [-0.15, -0.1) is 5.10 Å². The van der Waals surface area contributed by atoms with Crippen LogP contribution in [0.2, 0.25) is 0 Å². The van der Waals surface area contributed by atoms with Crippen LogP contribution < -0.4 is 4.74 Å². The summed E-state index contributed by atoms with van der Waals surface area (Å²) in [5, 5.41) is 18.1. The van der Waals surface area contributed by atoms with Crippen LogP contribution in [0.4, 0.5) is 4.79 Å². The number of aryl methyl sites for hydroxylation is 1. The van der Waals surface area contributed by atoms with Gasteiger partial charge in [0, 0.05) is 33.0 Å². The molecule has 1 N–H and O–H groups in total. The van der Waals surface area contributed by atoms with Crippen LogP contribution >= 0.6 is 0 Å². The highest BCUT2D eigenvalue weighted by atomic mass is 16.6. The van der Waals surface area contributed by atoms with Crippen molar-refractivity contribution in [3.05, 3.63) is 23.5 Å². The van der Waals surface area contributed by atoms with Gasteiger partial charge in [-0.1, -0.05) is 18.1 Å². The van der Waals surface area contributed by atoms with Crippen molar-refractivity contribution in [2.75, 3.05) is 13.6 Å². The first-order chi connectivity index (χ1) is 17.7. The number of rotatable bonds is 10. The maximum Gasteiger partial charge on any atom is 0.409 e. The molecule has 3 saturated carbocycles. The summed E-state index contributed by atoms with van der Waals surface area (Å²) in [6, 6.07) is 3.77. The number of carboxylic acids is 1. The van der Waals surface area contributed by atoms with Crippen molar-refractivity contribution < 1.29 is 24.2 Å². The Hall–Kier alpha value is -3.17. The van der Waals surface area contributed by atoms with E-state index in [4.69, 9.17) is 14.5 Å². The molecule has 0 spiro atoms. The quantitative estimate of drug-likeness (QED) is 0.494. The number of hydrogen-bond donors (Lipinski definition) is 1. The Labute approximate surface area is 217 Å². The number of hydrogen-bond acceptors (Lipinski definition) is 7. The Morgan fingerprint density at radius 2 is 2.00 bits per heavy atom. The minimum absolute atomic E-state index is 0.0555. The molecule has 0 bridgehead atoms. The van der Waals surface area contributed by atoms with E-state index in [0.29, 0.717) is 42.4 Å². The number of carboxylic acid groups (broad SMARTS) is 1. The van der Waals surface area contributed by atoms with Gasteiger partial charge in [-0.3, -0.25) is 4.79 Å². The number of amides is 1. The molecular formula is C27H37N5O5. The Morgan fingerprint density at radius 3 is 2.70 bits per heavy atom. The SMILES string of the molecule is CN(CCC1CC1)C(=O)OCc1c(-c2ccc(O[C@H]3CCC[C@](C)(C(=O)O)C3)c(C3CC3)n2)nnn1C. The highest BCUT2D eigenvalue weighted by Gasteiger charge is 2.40. The summed E-state index contributed by atoms with van der Waals surface area (Å²) in [5.41, 5.74) is 2.05. The summed E-state index contributed by atoms with van der Waals surface area (Å²) in [6.07, 6.45) is 7.94. The molecule has 5 rings (SSSR count). The zero-order valence-corrected chi connectivity index (χ0v) is 22.0. The van der Waals surface area contributed by atoms with E-state index in [0.717, 1.165) is 49.5 Å². The Kier molecular flexibility index (Phi) is 7.09. The molecule has 3 fully saturated rings. The maximum atomic E-state index is 12.5. The predicted octanol–water partition coefficient (Wildman–Crippen LogP) is 4.54. The standard InChI is InChI=1S/C27H37N5O5/c1-27(25(33)34)13-4-5-19(15-27)37-22-11-10-20(28-23(22)18-8-9-18)24-21(32(3)30-29-24)16-36-26(35)31(2)14-12-17-6-7-17/h10-11,17-19H,4-9,12-16H2,1-3H3,(H,33,34)/t19-,27-/m0/s1. The van der Waals surface area contributed by atoms with Gasteiger partial charge in [0.05, 0.1) is 22.9 Å². The maximum absolute atomic E-state index is 12.5. The molecule has 10 nitrogen and oxygen atoms in total. The summed E-state index contributed by atoms with van der Waals surface area (Å²) < 4.78 is 13.6. The summed E-state index contributed by atoms with van der Waals surface area (Å²) >= 11 is 0. The highest BCUT2D eigenvalue weighted by Crippen LogP contribution is 2.45. The fourth-order valence-corrected chi connectivity index (χ4v) is 5.10. The van der Waals surface area contributed by atoms with Crippen molar-refractivity contribution in [1.29, 1.82) is 0 Å². The molecule has 1 amide bonds. The fraction of sp³-hybridized carbons (Fsp3) is 0.667. The second kappa shape index (κ2) is 10.3. The van der Waals surface area contributed by atoms with Crippen LogP contribution in [0.3, 0.4) is 0 Å². The minimum Gasteiger partial charge on any atom is -0.488 e. The molecule has 2 atom stereocenters. The van der Waals surface area contributed by atoms with E-state index in [2.05, 4.69) is 10.3 Å². The van der Waals surface area contributed by atoms with Gasteiger partial charge in [0.1, 0.15) is 23.7 Å². The lowest BCUT2D eigenvalue weighted by Crippen LogP contribution is -2.38. The Balaban J connectivity index is 1.29. The zero-order valence-electron chi connectivity index (χ0n) is 22.0. The van der Waals surface area contributed by atoms with Gasteiger partial charge in [-0.25, -0.2) is 14.5 Å². The number of ether oxygens (including phenoxy) is 2. The number of aliphatic carboxylic acids is 1. The van der Waals surface area contributed by atoms with E-state index in [1.807, 2.05) is 12.1 Å². The number of aromatic nitrogens is 4. The second-order valence-electron chi connectivity index (χ2n) is 11.3. The van der Waals surface area contributed by atoms with Gasteiger partial charge in [-0.05, 0) is 63.5 Å². The van der Waals surface area contributed by atoms with E-state index in [9.17, 15) is 14.7 Å². The monoisotopic (exact) mass is 511 g/mol. The third kappa shape index (κ3) is 5.88. The lowest BCUT2D eigenvalue weighted by molar-refractivity contribution is -0.151. The molecule has 0 aliphatic heterocycles. The van der Waals surface area contributed by atoms with Crippen molar-refractivity contribution in [2.24, 2.45) is 18.4 Å². The molecule has 2 aromatic rings. The lowest BCUT2D eigenvalue weighted by atomic mass is 9.74. The van der Waals surface area contributed by atoms with Gasteiger partial charge >= 0.3 is 12.1 Å². The van der Waals surface area contributed by atoms with E-state index in [1.165, 1.54) is 12.8 Å². The smallest absolute Gasteiger partial charge is 0.409 e. The van der Waals surface area contributed by atoms with Gasteiger partial charge < -0.3 is 19.5 Å². The Bertz CT molecular complexity index is 1160. The fourth-order valence-electron chi connectivity index (χ4n) is 5.10. The van der Waals surface area contributed by atoms with Crippen molar-refractivity contribution in [2.45, 2.75) is 83.3 Å². The molecular weight excluding hydrogens is 474 g/mol. The third-order valence-electron chi connectivity index (χ3n) is 7.99. The van der Waals surface area contributed by atoms with Crippen molar-refractivity contribution in [3.8, 4) is 17.1 Å². The van der Waals surface area contributed by atoms with E-state index >= 15 is 0 Å². The summed E-state index contributed by atoms with van der Waals surface area (Å²) in [7, 11) is 3.54. The van der Waals surface area contributed by atoms with Crippen LogP contribution in [-0.4, -0.2) is 61.7 Å². The van der Waals surface area contributed by atoms with Crippen molar-refractivity contribution in [1.82, 2.24) is 24.9 Å².